The van der Waals surface area contributed by atoms with Gasteiger partial charge in [0.25, 0.3) is 0 Å². The Balaban J connectivity index is 1.92. The summed E-state index contributed by atoms with van der Waals surface area (Å²) in [6.07, 6.45) is 0. The van der Waals surface area contributed by atoms with E-state index in [-0.39, 0.29) is 0 Å². The van der Waals surface area contributed by atoms with Crippen LogP contribution in [0.25, 0.3) is 10.8 Å². The van der Waals surface area contributed by atoms with E-state index in [0.717, 1.165) is 26.6 Å². The Morgan fingerprint density at radius 2 is 1.56 bits per heavy atom. The molecule has 0 aliphatic carbocycles. The zero-order chi connectivity index (χ0) is 18.0. The lowest BCUT2D eigenvalue weighted by molar-refractivity contribution is 0.307. The maximum atomic E-state index is 6.29. The zero-order valence-electron chi connectivity index (χ0n) is 13.6. The van der Waals surface area contributed by atoms with Gasteiger partial charge in [-0.1, -0.05) is 35.3 Å². The first-order chi connectivity index (χ1) is 12.0. The first-order valence-corrected chi connectivity index (χ1v) is 9.00. The SMILES string of the molecule is COc1cc(COc2cccc3c(Cl)c(Cl)ccc23)cc(OC)c1Br. The van der Waals surface area contributed by atoms with Gasteiger partial charge >= 0.3 is 0 Å². The Labute approximate surface area is 164 Å². The molecule has 0 atom stereocenters. The van der Waals surface area contributed by atoms with E-state index in [1.54, 1.807) is 20.3 Å². The van der Waals surface area contributed by atoms with Crippen molar-refractivity contribution in [2.45, 2.75) is 6.61 Å². The fourth-order valence-corrected chi connectivity index (χ4v) is 3.50. The van der Waals surface area contributed by atoms with Crippen LogP contribution in [0, 0.1) is 0 Å². The van der Waals surface area contributed by atoms with Crippen LogP contribution in [0.4, 0.5) is 0 Å². The monoisotopic (exact) mass is 440 g/mol. The molecular weight excluding hydrogens is 427 g/mol. The van der Waals surface area contributed by atoms with E-state index >= 15 is 0 Å². The molecule has 3 nitrogen and oxygen atoms in total. The van der Waals surface area contributed by atoms with E-state index in [4.69, 9.17) is 37.4 Å². The minimum Gasteiger partial charge on any atom is -0.495 e. The summed E-state index contributed by atoms with van der Waals surface area (Å²) in [5, 5.41) is 2.82. The maximum Gasteiger partial charge on any atom is 0.137 e. The van der Waals surface area contributed by atoms with Gasteiger partial charge in [0, 0.05) is 10.8 Å². The van der Waals surface area contributed by atoms with Gasteiger partial charge in [0.1, 0.15) is 28.3 Å². The first kappa shape index (κ1) is 18.2. The Hall–Kier alpha value is -1.62. The molecule has 0 saturated carbocycles. The van der Waals surface area contributed by atoms with Crippen LogP contribution in [0.3, 0.4) is 0 Å². The Bertz CT molecular complexity index is 903. The quantitative estimate of drug-likeness (QED) is 0.451. The molecule has 0 spiro atoms. The molecule has 130 valence electrons. The largest absolute Gasteiger partial charge is 0.495 e. The summed E-state index contributed by atoms with van der Waals surface area (Å²) in [4.78, 5) is 0. The highest BCUT2D eigenvalue weighted by Crippen LogP contribution is 2.37. The van der Waals surface area contributed by atoms with Gasteiger partial charge in [0.15, 0.2) is 0 Å². The van der Waals surface area contributed by atoms with E-state index in [2.05, 4.69) is 15.9 Å². The predicted molar refractivity (Wildman–Crippen MR) is 106 cm³/mol. The average molecular weight is 442 g/mol. The molecule has 0 saturated heterocycles. The molecule has 0 unspecified atom stereocenters. The zero-order valence-corrected chi connectivity index (χ0v) is 16.7. The molecule has 3 rings (SSSR count). The van der Waals surface area contributed by atoms with Crippen molar-refractivity contribution >= 4 is 49.9 Å². The van der Waals surface area contributed by atoms with Gasteiger partial charge < -0.3 is 14.2 Å². The maximum absolute atomic E-state index is 6.29. The molecule has 0 amide bonds. The topological polar surface area (TPSA) is 27.7 Å². The van der Waals surface area contributed by atoms with Gasteiger partial charge in [-0.05, 0) is 51.8 Å². The van der Waals surface area contributed by atoms with Crippen molar-refractivity contribution < 1.29 is 14.2 Å². The molecule has 6 heteroatoms. The molecule has 0 radical (unpaired) electrons. The third-order valence-electron chi connectivity index (χ3n) is 3.81. The summed E-state index contributed by atoms with van der Waals surface area (Å²) < 4.78 is 17.5. The standard InChI is InChI=1S/C19H15BrCl2O3/c1-23-16-8-11(9-17(24-2)18(16)20)10-25-15-5-3-4-13-12(15)6-7-14(21)19(13)22/h3-9H,10H2,1-2H3. The Morgan fingerprint density at radius 1 is 0.880 bits per heavy atom. The normalized spacial score (nSPS) is 10.8. The van der Waals surface area contributed by atoms with Gasteiger partial charge in [-0.25, -0.2) is 0 Å². The highest BCUT2D eigenvalue weighted by molar-refractivity contribution is 9.10. The van der Waals surface area contributed by atoms with Crippen LogP contribution >= 0.6 is 39.1 Å². The van der Waals surface area contributed by atoms with Crippen molar-refractivity contribution in [1.29, 1.82) is 0 Å². The van der Waals surface area contributed by atoms with Gasteiger partial charge in [-0.3, -0.25) is 0 Å². The lowest BCUT2D eigenvalue weighted by atomic mass is 10.1. The molecule has 3 aromatic rings. The van der Waals surface area contributed by atoms with Crippen LogP contribution in [-0.4, -0.2) is 14.2 Å². The number of halogens is 3. The summed E-state index contributed by atoms with van der Waals surface area (Å²) in [7, 11) is 3.22. The van der Waals surface area contributed by atoms with Crippen LogP contribution in [0.15, 0.2) is 46.9 Å². The molecule has 0 aliphatic heterocycles. The molecule has 0 bridgehead atoms. The molecule has 0 aliphatic rings. The van der Waals surface area contributed by atoms with Crippen molar-refractivity contribution in [1.82, 2.24) is 0 Å². The average Bonchev–Trinajstić information content (AvgIpc) is 2.63. The van der Waals surface area contributed by atoms with Crippen LogP contribution in [0.2, 0.25) is 10.0 Å². The highest BCUT2D eigenvalue weighted by Gasteiger charge is 2.12. The van der Waals surface area contributed by atoms with Crippen LogP contribution in [0.5, 0.6) is 17.2 Å². The second-order valence-electron chi connectivity index (χ2n) is 5.32. The van der Waals surface area contributed by atoms with Crippen LogP contribution < -0.4 is 14.2 Å². The molecule has 0 heterocycles. The Kier molecular flexibility index (Phi) is 5.62. The summed E-state index contributed by atoms with van der Waals surface area (Å²) >= 11 is 15.8. The van der Waals surface area contributed by atoms with E-state index < -0.39 is 0 Å². The third-order valence-corrected chi connectivity index (χ3v) is 5.41. The number of hydrogen-bond donors (Lipinski definition) is 0. The van der Waals surface area contributed by atoms with E-state index in [1.807, 2.05) is 36.4 Å². The van der Waals surface area contributed by atoms with Crippen molar-refractivity contribution in [2.24, 2.45) is 0 Å². The highest BCUT2D eigenvalue weighted by atomic mass is 79.9. The lowest BCUT2D eigenvalue weighted by Gasteiger charge is -2.14. The molecule has 3 aromatic carbocycles. The number of ether oxygens (including phenoxy) is 3. The van der Waals surface area contributed by atoms with E-state index in [1.165, 1.54) is 0 Å². The fraction of sp³-hybridized carbons (Fsp3) is 0.158. The number of rotatable bonds is 5. The van der Waals surface area contributed by atoms with Gasteiger partial charge in [0.2, 0.25) is 0 Å². The van der Waals surface area contributed by atoms with Gasteiger partial charge in [-0.2, -0.15) is 0 Å². The first-order valence-electron chi connectivity index (χ1n) is 7.45. The summed E-state index contributed by atoms with van der Waals surface area (Å²) in [5.74, 6) is 2.10. The minimum atomic E-state index is 0.360. The summed E-state index contributed by atoms with van der Waals surface area (Å²) in [5.41, 5.74) is 0.925. The van der Waals surface area contributed by atoms with Crippen LogP contribution in [-0.2, 0) is 6.61 Å². The molecular formula is C19H15BrCl2O3. The van der Waals surface area contributed by atoms with Gasteiger partial charge in [-0.15, -0.1) is 0 Å². The predicted octanol–water partition coefficient (Wildman–Crippen LogP) is 6.51. The summed E-state index contributed by atoms with van der Waals surface area (Å²) in [6.45, 7) is 0.360. The van der Waals surface area contributed by atoms with Crippen molar-refractivity contribution in [3.8, 4) is 17.2 Å². The molecule has 25 heavy (non-hydrogen) atoms. The van der Waals surface area contributed by atoms with E-state index in [9.17, 15) is 0 Å². The van der Waals surface area contributed by atoms with E-state index in [0.29, 0.717) is 28.2 Å². The second kappa shape index (κ2) is 7.73. The minimum absolute atomic E-state index is 0.360. The van der Waals surface area contributed by atoms with Crippen LogP contribution in [0.1, 0.15) is 5.56 Å². The number of fused-ring (bicyclic) bond motifs is 1. The number of methoxy groups -OCH3 is 2. The van der Waals surface area contributed by atoms with Gasteiger partial charge in [0.05, 0.1) is 24.3 Å². The second-order valence-corrected chi connectivity index (χ2v) is 6.89. The smallest absolute Gasteiger partial charge is 0.137 e. The van der Waals surface area contributed by atoms with Crippen molar-refractivity contribution in [3.63, 3.8) is 0 Å². The number of benzene rings is 3. The summed E-state index contributed by atoms with van der Waals surface area (Å²) in [6, 6.07) is 13.2. The molecule has 0 aromatic heterocycles. The van der Waals surface area contributed by atoms with Crippen molar-refractivity contribution in [2.75, 3.05) is 14.2 Å². The molecule has 0 N–H and O–H groups in total. The molecule has 0 fully saturated rings. The Morgan fingerprint density at radius 3 is 2.20 bits per heavy atom. The fourth-order valence-electron chi connectivity index (χ4n) is 2.56. The van der Waals surface area contributed by atoms with Crippen molar-refractivity contribution in [3.05, 3.63) is 62.5 Å². The number of hydrogen-bond acceptors (Lipinski definition) is 3. The third kappa shape index (κ3) is 3.66. The lowest BCUT2D eigenvalue weighted by Crippen LogP contribution is -1.99.